The Kier molecular flexibility index (Phi) is 6.51. The summed E-state index contributed by atoms with van der Waals surface area (Å²) < 4.78 is 10.6. The van der Waals surface area contributed by atoms with E-state index in [0.29, 0.717) is 61.6 Å². The Labute approximate surface area is 184 Å². The molecule has 1 aliphatic heterocycles. The number of aromatic nitrogens is 2. The van der Waals surface area contributed by atoms with Gasteiger partial charge in [0.2, 0.25) is 11.7 Å². The number of hydrogen-bond acceptors (Lipinski definition) is 6. The molecule has 1 fully saturated rings. The van der Waals surface area contributed by atoms with E-state index >= 15 is 0 Å². The van der Waals surface area contributed by atoms with Crippen molar-refractivity contribution < 1.29 is 13.7 Å². The van der Waals surface area contributed by atoms with Crippen LogP contribution in [0.25, 0.3) is 11.4 Å². The van der Waals surface area contributed by atoms with Crippen LogP contribution >= 0.6 is 11.6 Å². The summed E-state index contributed by atoms with van der Waals surface area (Å²) in [6, 6.07) is 10.7. The molecule has 0 spiro atoms. The van der Waals surface area contributed by atoms with Gasteiger partial charge in [0, 0.05) is 56.8 Å². The fourth-order valence-corrected chi connectivity index (χ4v) is 3.58. The Hall–Kier alpha value is -3.33. The first-order valence-corrected chi connectivity index (χ1v) is 10.4. The molecule has 4 rings (SSSR count). The molecule has 0 unspecified atom stereocenters. The lowest BCUT2D eigenvalue weighted by Gasteiger charge is -2.36. The number of nitrogens with one attached hydrogen (secondary N) is 1. The maximum absolute atomic E-state index is 12.4. The molecule has 1 amide bonds. The van der Waals surface area contributed by atoms with Crippen LogP contribution in [0.3, 0.4) is 0 Å². The standard InChI is InChI=1S/C21H23ClN6O3/c1-23-21(28-11-9-27(10-12-28)20(29)17-6-3-13-30-17)24-8-7-18-25-19(26-31-18)15-4-2-5-16(22)14-15/h2-6,13-14H,7-12H2,1H3,(H,23,24). The molecule has 2 aromatic heterocycles. The number of carbonyl (C=O) groups excluding carboxylic acids is 1. The molecule has 1 saturated heterocycles. The summed E-state index contributed by atoms with van der Waals surface area (Å²) in [5, 5.41) is 7.97. The third-order valence-electron chi connectivity index (χ3n) is 4.98. The second-order valence-corrected chi connectivity index (χ2v) is 7.44. The number of furan rings is 1. The SMILES string of the molecule is CN=C(NCCc1nc(-c2cccc(Cl)c2)no1)N1CCN(C(=O)c2ccco2)CC1. The monoisotopic (exact) mass is 442 g/mol. The van der Waals surface area contributed by atoms with Gasteiger partial charge in [-0.2, -0.15) is 4.98 Å². The molecule has 10 heteroatoms. The Morgan fingerprint density at radius 3 is 2.71 bits per heavy atom. The molecule has 0 aliphatic carbocycles. The van der Waals surface area contributed by atoms with E-state index < -0.39 is 0 Å². The molecule has 1 N–H and O–H groups in total. The molecule has 31 heavy (non-hydrogen) atoms. The van der Waals surface area contributed by atoms with Gasteiger partial charge in [0.15, 0.2) is 11.7 Å². The lowest BCUT2D eigenvalue weighted by atomic mass is 10.2. The van der Waals surface area contributed by atoms with Crippen molar-refractivity contribution in [1.82, 2.24) is 25.3 Å². The second kappa shape index (κ2) is 9.65. The van der Waals surface area contributed by atoms with E-state index in [1.807, 2.05) is 12.1 Å². The zero-order valence-corrected chi connectivity index (χ0v) is 17.9. The largest absolute Gasteiger partial charge is 0.459 e. The highest BCUT2D eigenvalue weighted by atomic mass is 35.5. The van der Waals surface area contributed by atoms with Crippen molar-refractivity contribution >= 4 is 23.5 Å². The van der Waals surface area contributed by atoms with Crippen LogP contribution in [-0.4, -0.2) is 71.6 Å². The topological polar surface area (TPSA) is 100 Å². The number of rotatable bonds is 5. The first kappa shape index (κ1) is 20.9. The van der Waals surface area contributed by atoms with Gasteiger partial charge < -0.3 is 24.1 Å². The third kappa shape index (κ3) is 5.05. The molecule has 3 aromatic rings. The van der Waals surface area contributed by atoms with Crippen LogP contribution in [0.15, 0.2) is 56.6 Å². The molecule has 1 aromatic carbocycles. The molecule has 0 bridgehead atoms. The summed E-state index contributed by atoms with van der Waals surface area (Å²) in [7, 11) is 1.74. The third-order valence-corrected chi connectivity index (χ3v) is 5.22. The Morgan fingerprint density at radius 2 is 2.00 bits per heavy atom. The number of guanidine groups is 1. The summed E-state index contributed by atoms with van der Waals surface area (Å²) in [5.41, 5.74) is 0.813. The molecule has 9 nitrogen and oxygen atoms in total. The number of hydrogen-bond donors (Lipinski definition) is 1. The zero-order valence-electron chi connectivity index (χ0n) is 17.1. The van der Waals surface area contributed by atoms with Gasteiger partial charge in [0.1, 0.15) is 0 Å². The summed E-state index contributed by atoms with van der Waals surface area (Å²) in [5.74, 6) is 2.11. The minimum absolute atomic E-state index is 0.0838. The van der Waals surface area contributed by atoms with Gasteiger partial charge in [-0.25, -0.2) is 0 Å². The van der Waals surface area contributed by atoms with Crippen LogP contribution < -0.4 is 5.32 Å². The van der Waals surface area contributed by atoms with E-state index in [-0.39, 0.29) is 5.91 Å². The number of piperazine rings is 1. The van der Waals surface area contributed by atoms with Gasteiger partial charge in [0.25, 0.3) is 5.91 Å². The van der Waals surface area contributed by atoms with Crippen LogP contribution in [0.1, 0.15) is 16.4 Å². The highest BCUT2D eigenvalue weighted by Crippen LogP contribution is 2.20. The van der Waals surface area contributed by atoms with Crippen molar-refractivity contribution in [2.45, 2.75) is 6.42 Å². The average Bonchev–Trinajstić information content (AvgIpc) is 3.49. The normalized spacial score (nSPS) is 14.7. The van der Waals surface area contributed by atoms with Gasteiger partial charge in [-0.1, -0.05) is 28.9 Å². The van der Waals surface area contributed by atoms with Gasteiger partial charge in [0.05, 0.1) is 6.26 Å². The number of amides is 1. The number of nitrogens with zero attached hydrogens (tertiary/aromatic N) is 5. The Balaban J connectivity index is 1.26. The van der Waals surface area contributed by atoms with Crippen molar-refractivity contribution in [2.24, 2.45) is 4.99 Å². The van der Waals surface area contributed by atoms with E-state index in [1.165, 1.54) is 6.26 Å². The predicted octanol–water partition coefficient (Wildman–Crippen LogP) is 2.56. The molecular weight excluding hydrogens is 420 g/mol. The number of benzene rings is 1. The van der Waals surface area contributed by atoms with Gasteiger partial charge >= 0.3 is 0 Å². The van der Waals surface area contributed by atoms with Gasteiger partial charge in [-0.15, -0.1) is 0 Å². The fraction of sp³-hybridized carbons (Fsp3) is 0.333. The lowest BCUT2D eigenvalue weighted by molar-refractivity contribution is 0.0657. The molecule has 3 heterocycles. The van der Waals surface area contributed by atoms with Crippen LogP contribution in [0.4, 0.5) is 0 Å². The van der Waals surface area contributed by atoms with Gasteiger partial charge in [-0.05, 0) is 24.3 Å². The summed E-state index contributed by atoms with van der Waals surface area (Å²) >= 11 is 6.02. The smallest absolute Gasteiger partial charge is 0.289 e. The molecular formula is C21H23ClN6O3. The molecule has 162 valence electrons. The van der Waals surface area contributed by atoms with Crippen LogP contribution in [-0.2, 0) is 6.42 Å². The quantitative estimate of drug-likeness (QED) is 0.478. The van der Waals surface area contributed by atoms with Gasteiger partial charge in [-0.3, -0.25) is 9.79 Å². The lowest BCUT2D eigenvalue weighted by Crippen LogP contribution is -2.54. The Morgan fingerprint density at radius 1 is 1.19 bits per heavy atom. The highest BCUT2D eigenvalue weighted by molar-refractivity contribution is 6.30. The maximum Gasteiger partial charge on any atom is 0.289 e. The van der Waals surface area contributed by atoms with E-state index in [0.717, 1.165) is 11.5 Å². The van der Waals surface area contributed by atoms with Crippen molar-refractivity contribution in [2.75, 3.05) is 39.8 Å². The fourth-order valence-electron chi connectivity index (χ4n) is 3.39. The molecule has 1 aliphatic rings. The van der Waals surface area contributed by atoms with Crippen molar-refractivity contribution in [3.05, 3.63) is 59.3 Å². The molecule has 0 saturated carbocycles. The molecule has 0 radical (unpaired) electrons. The first-order valence-electron chi connectivity index (χ1n) is 10.0. The predicted molar refractivity (Wildman–Crippen MR) is 116 cm³/mol. The second-order valence-electron chi connectivity index (χ2n) is 7.00. The van der Waals surface area contributed by atoms with E-state index in [2.05, 4.69) is 25.3 Å². The summed E-state index contributed by atoms with van der Waals surface area (Å²) in [6.45, 7) is 3.17. The van der Waals surface area contributed by atoms with E-state index in [9.17, 15) is 4.79 Å². The van der Waals surface area contributed by atoms with Crippen LogP contribution in [0, 0.1) is 0 Å². The number of halogens is 1. The van der Waals surface area contributed by atoms with Crippen molar-refractivity contribution in [1.29, 1.82) is 0 Å². The van der Waals surface area contributed by atoms with Crippen LogP contribution in [0.2, 0.25) is 5.02 Å². The van der Waals surface area contributed by atoms with Crippen molar-refractivity contribution in [3.63, 3.8) is 0 Å². The zero-order chi connectivity index (χ0) is 21.6. The average molecular weight is 443 g/mol. The number of aliphatic imine (C=N–C) groups is 1. The summed E-state index contributed by atoms with van der Waals surface area (Å²) in [4.78, 5) is 25.1. The number of carbonyl (C=O) groups is 1. The highest BCUT2D eigenvalue weighted by Gasteiger charge is 2.25. The minimum Gasteiger partial charge on any atom is -0.459 e. The van der Waals surface area contributed by atoms with E-state index in [4.69, 9.17) is 20.5 Å². The van der Waals surface area contributed by atoms with Crippen molar-refractivity contribution in [3.8, 4) is 11.4 Å². The molecule has 0 atom stereocenters. The van der Waals surface area contributed by atoms with Crippen LogP contribution in [0.5, 0.6) is 0 Å². The minimum atomic E-state index is -0.0838. The Bertz CT molecular complexity index is 1040. The summed E-state index contributed by atoms with van der Waals surface area (Å²) in [6.07, 6.45) is 2.07. The van der Waals surface area contributed by atoms with E-state index in [1.54, 1.807) is 36.2 Å². The first-order chi connectivity index (χ1) is 15.1. The maximum atomic E-state index is 12.4.